The van der Waals surface area contributed by atoms with Crippen molar-refractivity contribution >= 4 is 11.8 Å². The van der Waals surface area contributed by atoms with Crippen LogP contribution in [0.25, 0.3) is 0 Å². The molecule has 0 amide bonds. The van der Waals surface area contributed by atoms with Gasteiger partial charge in [0.05, 0.1) is 0 Å². The number of rotatable bonds is 7. The summed E-state index contributed by atoms with van der Waals surface area (Å²) in [6.07, 6.45) is 5.06. The van der Waals surface area contributed by atoms with Gasteiger partial charge in [-0.25, -0.2) is 4.98 Å². The minimum atomic E-state index is 0.315. The van der Waals surface area contributed by atoms with Gasteiger partial charge in [-0.05, 0) is 31.9 Å². The topological polar surface area (TPSA) is 55.7 Å². The summed E-state index contributed by atoms with van der Waals surface area (Å²) in [4.78, 5) is 15.6. The molecule has 1 aliphatic heterocycles. The fourth-order valence-electron chi connectivity index (χ4n) is 2.56. The molecule has 118 valence electrons. The van der Waals surface area contributed by atoms with Crippen molar-refractivity contribution in [3.63, 3.8) is 0 Å². The predicted octanol–water partition coefficient (Wildman–Crippen LogP) is 0.827. The van der Waals surface area contributed by atoms with Crippen molar-refractivity contribution in [3.8, 4) is 0 Å². The van der Waals surface area contributed by atoms with E-state index in [1.807, 2.05) is 31.3 Å². The van der Waals surface area contributed by atoms with E-state index in [-0.39, 0.29) is 0 Å². The van der Waals surface area contributed by atoms with Crippen molar-refractivity contribution in [2.75, 3.05) is 63.2 Å². The zero-order chi connectivity index (χ0) is 15.1. The van der Waals surface area contributed by atoms with E-state index in [4.69, 9.17) is 5.11 Å². The molecule has 6 heteroatoms. The summed E-state index contributed by atoms with van der Waals surface area (Å²) in [6, 6.07) is 1.99. The van der Waals surface area contributed by atoms with Gasteiger partial charge in [-0.2, -0.15) is 4.98 Å². The first-order valence-electron chi connectivity index (χ1n) is 7.79. The van der Waals surface area contributed by atoms with E-state index in [1.165, 1.54) is 6.42 Å². The van der Waals surface area contributed by atoms with Gasteiger partial charge in [0, 0.05) is 53.1 Å². The minimum Gasteiger partial charge on any atom is -0.396 e. The highest BCUT2D eigenvalue weighted by molar-refractivity contribution is 5.43. The molecule has 1 aliphatic rings. The molecule has 0 aliphatic carbocycles. The van der Waals surface area contributed by atoms with Crippen LogP contribution in [0.3, 0.4) is 0 Å². The number of aliphatic hydroxyl groups is 1. The maximum Gasteiger partial charge on any atom is 0.226 e. The Morgan fingerprint density at radius 2 is 1.90 bits per heavy atom. The van der Waals surface area contributed by atoms with Gasteiger partial charge >= 0.3 is 0 Å². The number of nitrogens with zero attached hydrogens (tertiary/aromatic N) is 5. The molecule has 1 N–H and O–H groups in total. The van der Waals surface area contributed by atoms with Crippen LogP contribution in [0, 0.1) is 0 Å². The highest BCUT2D eigenvalue weighted by Gasteiger charge is 2.18. The van der Waals surface area contributed by atoms with E-state index in [0.29, 0.717) is 6.61 Å². The first-order valence-corrected chi connectivity index (χ1v) is 7.79. The van der Waals surface area contributed by atoms with E-state index < -0.39 is 0 Å². The van der Waals surface area contributed by atoms with Gasteiger partial charge in [-0.15, -0.1) is 0 Å². The van der Waals surface area contributed by atoms with Crippen LogP contribution in [-0.2, 0) is 0 Å². The molecule has 1 saturated heterocycles. The Kier molecular flexibility index (Phi) is 6.20. The molecule has 0 radical (unpaired) electrons. The molecule has 0 atom stereocenters. The largest absolute Gasteiger partial charge is 0.396 e. The van der Waals surface area contributed by atoms with Crippen molar-refractivity contribution in [3.05, 3.63) is 12.3 Å². The van der Waals surface area contributed by atoms with Crippen molar-refractivity contribution in [2.24, 2.45) is 0 Å². The first-order chi connectivity index (χ1) is 10.2. The Labute approximate surface area is 127 Å². The number of aliphatic hydroxyl groups excluding tert-OH is 1. The fourth-order valence-corrected chi connectivity index (χ4v) is 2.56. The van der Waals surface area contributed by atoms with Gasteiger partial charge in [0.2, 0.25) is 5.95 Å². The summed E-state index contributed by atoms with van der Waals surface area (Å²) in [5.41, 5.74) is 0. The third-order valence-electron chi connectivity index (χ3n) is 3.86. The van der Waals surface area contributed by atoms with Gasteiger partial charge in [0.1, 0.15) is 5.82 Å². The van der Waals surface area contributed by atoms with Crippen LogP contribution in [0.5, 0.6) is 0 Å². The molecule has 0 unspecified atom stereocenters. The van der Waals surface area contributed by atoms with E-state index in [1.54, 1.807) is 0 Å². The normalized spacial score (nSPS) is 16.2. The van der Waals surface area contributed by atoms with Crippen LogP contribution in [0.1, 0.15) is 19.3 Å². The average Bonchev–Trinajstić information content (AvgIpc) is 2.52. The molecule has 6 nitrogen and oxygen atoms in total. The summed E-state index contributed by atoms with van der Waals surface area (Å²) in [5.74, 6) is 1.78. The van der Waals surface area contributed by atoms with Crippen molar-refractivity contribution in [2.45, 2.75) is 19.3 Å². The zero-order valence-electron chi connectivity index (χ0n) is 13.2. The molecule has 0 bridgehead atoms. The second-order valence-electron chi connectivity index (χ2n) is 5.72. The Morgan fingerprint density at radius 1 is 1.14 bits per heavy atom. The van der Waals surface area contributed by atoms with Crippen LogP contribution < -0.4 is 9.80 Å². The van der Waals surface area contributed by atoms with E-state index in [9.17, 15) is 0 Å². The van der Waals surface area contributed by atoms with E-state index in [0.717, 1.165) is 57.3 Å². The number of anilines is 2. The maximum atomic E-state index is 8.79. The Balaban J connectivity index is 1.79. The van der Waals surface area contributed by atoms with Crippen LogP contribution in [0.4, 0.5) is 11.8 Å². The van der Waals surface area contributed by atoms with E-state index >= 15 is 0 Å². The quantitative estimate of drug-likeness (QED) is 0.752. The van der Waals surface area contributed by atoms with Gasteiger partial charge in [-0.1, -0.05) is 0 Å². The third kappa shape index (κ3) is 4.82. The molecular formula is C15H27N5O. The summed E-state index contributed by atoms with van der Waals surface area (Å²) >= 11 is 0. The molecular weight excluding hydrogens is 266 g/mol. The Morgan fingerprint density at radius 3 is 2.57 bits per heavy atom. The highest BCUT2D eigenvalue weighted by Crippen LogP contribution is 2.16. The summed E-state index contributed by atoms with van der Waals surface area (Å²) in [6.45, 7) is 5.66. The van der Waals surface area contributed by atoms with Crippen molar-refractivity contribution in [1.29, 1.82) is 0 Å². The third-order valence-corrected chi connectivity index (χ3v) is 3.86. The molecule has 0 saturated carbocycles. The highest BCUT2D eigenvalue weighted by atomic mass is 16.2. The summed E-state index contributed by atoms with van der Waals surface area (Å²) in [5, 5.41) is 8.79. The van der Waals surface area contributed by atoms with Gasteiger partial charge in [0.15, 0.2) is 0 Å². The van der Waals surface area contributed by atoms with E-state index in [2.05, 4.69) is 19.8 Å². The molecule has 1 fully saturated rings. The smallest absolute Gasteiger partial charge is 0.226 e. The number of hydrogen-bond acceptors (Lipinski definition) is 6. The minimum absolute atomic E-state index is 0.315. The fraction of sp³-hybridized carbons (Fsp3) is 0.733. The molecule has 0 spiro atoms. The average molecular weight is 293 g/mol. The monoisotopic (exact) mass is 293 g/mol. The SMILES string of the molecule is CN(C)c1nccc(N2CCN(CCCCCO)CC2)n1. The summed E-state index contributed by atoms with van der Waals surface area (Å²) in [7, 11) is 3.92. The molecule has 2 rings (SSSR count). The standard InChI is InChI=1S/C15H27N5O/c1-18(2)15-16-7-6-14(17-15)20-11-9-19(10-12-20)8-4-3-5-13-21/h6-7,21H,3-5,8-13H2,1-2H3. The van der Waals surface area contributed by atoms with Gasteiger partial charge in [-0.3, -0.25) is 4.90 Å². The summed E-state index contributed by atoms with van der Waals surface area (Å²) < 4.78 is 0. The van der Waals surface area contributed by atoms with Crippen LogP contribution >= 0.6 is 0 Å². The number of hydrogen-bond donors (Lipinski definition) is 1. The lowest BCUT2D eigenvalue weighted by Crippen LogP contribution is -2.47. The Bertz CT molecular complexity index is 418. The van der Waals surface area contributed by atoms with Crippen molar-refractivity contribution < 1.29 is 5.11 Å². The van der Waals surface area contributed by atoms with Crippen LogP contribution in [0.2, 0.25) is 0 Å². The van der Waals surface area contributed by atoms with Crippen LogP contribution in [-0.4, -0.2) is 73.4 Å². The maximum absolute atomic E-state index is 8.79. The second kappa shape index (κ2) is 8.14. The Hall–Kier alpha value is -1.40. The van der Waals surface area contributed by atoms with Gasteiger partial charge in [0.25, 0.3) is 0 Å². The number of unbranched alkanes of at least 4 members (excludes halogenated alkanes) is 2. The molecule has 1 aromatic rings. The first kappa shape index (κ1) is 16.0. The lowest BCUT2D eigenvalue weighted by atomic mass is 10.2. The molecule has 2 heterocycles. The molecule has 21 heavy (non-hydrogen) atoms. The lowest BCUT2D eigenvalue weighted by molar-refractivity contribution is 0.242. The number of aromatic nitrogens is 2. The number of piperazine rings is 1. The predicted molar refractivity (Wildman–Crippen MR) is 85.9 cm³/mol. The zero-order valence-corrected chi connectivity index (χ0v) is 13.2. The molecule has 0 aromatic carbocycles. The lowest BCUT2D eigenvalue weighted by Gasteiger charge is -2.35. The van der Waals surface area contributed by atoms with Crippen molar-refractivity contribution in [1.82, 2.24) is 14.9 Å². The van der Waals surface area contributed by atoms with Crippen LogP contribution in [0.15, 0.2) is 12.3 Å². The molecule has 1 aromatic heterocycles. The van der Waals surface area contributed by atoms with Gasteiger partial charge < -0.3 is 14.9 Å². The second-order valence-corrected chi connectivity index (χ2v) is 5.72.